The van der Waals surface area contributed by atoms with Crippen molar-refractivity contribution in [1.82, 2.24) is 4.98 Å². The van der Waals surface area contributed by atoms with Gasteiger partial charge in [0.05, 0.1) is 30.7 Å². The van der Waals surface area contributed by atoms with E-state index in [0.717, 1.165) is 15.3 Å². The van der Waals surface area contributed by atoms with Gasteiger partial charge in [0.1, 0.15) is 5.00 Å². The predicted octanol–water partition coefficient (Wildman–Crippen LogP) is 4.68. The molecule has 0 radical (unpaired) electrons. The van der Waals surface area contributed by atoms with Gasteiger partial charge in [-0.25, -0.2) is 9.78 Å². The number of aryl methyl sites for hydroxylation is 1. The van der Waals surface area contributed by atoms with Crippen LogP contribution in [0.1, 0.15) is 45.2 Å². The van der Waals surface area contributed by atoms with Gasteiger partial charge in [0, 0.05) is 15.1 Å². The van der Waals surface area contributed by atoms with Crippen molar-refractivity contribution < 1.29 is 19.1 Å². The van der Waals surface area contributed by atoms with Crippen molar-refractivity contribution in [2.24, 2.45) is 0 Å². The number of carbonyl (C=O) groups is 3. The van der Waals surface area contributed by atoms with Crippen LogP contribution in [0, 0.1) is 6.92 Å². The molecule has 0 saturated heterocycles. The molecule has 0 saturated carbocycles. The van der Waals surface area contributed by atoms with Crippen molar-refractivity contribution in [3.05, 3.63) is 49.5 Å². The number of rotatable bonds is 9. The first-order valence-electron chi connectivity index (χ1n) is 9.77. The lowest BCUT2D eigenvalue weighted by Crippen LogP contribution is -2.17. The molecule has 164 valence electrons. The first-order valence-corrected chi connectivity index (χ1v) is 12.3. The van der Waals surface area contributed by atoms with Crippen LogP contribution >= 0.6 is 34.0 Å². The molecule has 10 heteroatoms. The first-order chi connectivity index (χ1) is 14.9. The van der Waals surface area contributed by atoms with E-state index in [1.54, 1.807) is 12.3 Å². The molecular formula is C21H23N3O4S3. The highest BCUT2D eigenvalue weighted by atomic mass is 32.1. The number of aromatic nitrogens is 1. The Hall–Kier alpha value is -2.56. The fraction of sp³-hybridized carbons (Fsp3) is 0.333. The Bertz CT molecular complexity index is 1070. The summed E-state index contributed by atoms with van der Waals surface area (Å²) in [5.74, 6) is -0.854. The zero-order valence-electron chi connectivity index (χ0n) is 17.4. The normalized spacial score (nSPS) is 10.7. The molecule has 2 amide bonds. The Morgan fingerprint density at radius 2 is 1.87 bits per heavy atom. The van der Waals surface area contributed by atoms with E-state index in [1.165, 1.54) is 34.0 Å². The molecule has 0 bridgehead atoms. The number of esters is 1. The molecule has 0 fully saturated rings. The van der Waals surface area contributed by atoms with Crippen molar-refractivity contribution in [3.8, 4) is 0 Å². The molecule has 0 aliphatic carbocycles. The van der Waals surface area contributed by atoms with Gasteiger partial charge in [-0.1, -0.05) is 13.0 Å². The minimum absolute atomic E-state index is 0.0396. The summed E-state index contributed by atoms with van der Waals surface area (Å²) in [6.45, 7) is 5.91. The average molecular weight is 478 g/mol. The van der Waals surface area contributed by atoms with Gasteiger partial charge in [-0.3, -0.25) is 9.59 Å². The third-order valence-corrected chi connectivity index (χ3v) is 7.10. The fourth-order valence-electron chi connectivity index (χ4n) is 3.03. The number of thiophene rings is 2. The number of nitrogens with one attached hydrogen (secondary N) is 2. The zero-order chi connectivity index (χ0) is 22.4. The molecule has 3 aromatic rings. The molecule has 0 aliphatic rings. The Kier molecular flexibility index (Phi) is 7.94. The molecule has 0 atom stereocenters. The first kappa shape index (κ1) is 23.1. The third-order valence-electron chi connectivity index (χ3n) is 4.35. The van der Waals surface area contributed by atoms with Crippen LogP contribution in [0.4, 0.5) is 10.1 Å². The summed E-state index contributed by atoms with van der Waals surface area (Å²) in [6, 6.07) is 3.81. The van der Waals surface area contributed by atoms with Crippen molar-refractivity contribution >= 4 is 61.9 Å². The second-order valence-electron chi connectivity index (χ2n) is 6.59. The fourth-order valence-corrected chi connectivity index (χ4v) is 5.61. The number of thiazole rings is 1. The molecule has 0 aromatic carbocycles. The maximum Gasteiger partial charge on any atom is 0.341 e. The number of hydrogen-bond acceptors (Lipinski definition) is 8. The number of nitrogens with zero attached hydrogens (tertiary/aromatic N) is 1. The Morgan fingerprint density at radius 3 is 2.55 bits per heavy atom. The molecule has 0 aliphatic heterocycles. The smallest absolute Gasteiger partial charge is 0.341 e. The summed E-state index contributed by atoms with van der Waals surface area (Å²) in [4.78, 5) is 43.4. The van der Waals surface area contributed by atoms with Gasteiger partial charge in [0.25, 0.3) is 0 Å². The number of amides is 2. The quantitative estimate of drug-likeness (QED) is 0.436. The highest BCUT2D eigenvalue weighted by Gasteiger charge is 2.23. The van der Waals surface area contributed by atoms with E-state index < -0.39 is 5.97 Å². The lowest BCUT2D eigenvalue weighted by Gasteiger charge is -2.07. The number of hydrogen-bond donors (Lipinski definition) is 2. The molecule has 7 nitrogen and oxygen atoms in total. The maximum absolute atomic E-state index is 12.6. The molecule has 3 rings (SSSR count). The van der Waals surface area contributed by atoms with E-state index in [-0.39, 0.29) is 24.8 Å². The highest BCUT2D eigenvalue weighted by Crippen LogP contribution is 2.34. The summed E-state index contributed by atoms with van der Waals surface area (Å²) in [6.07, 6.45) is 1.01. The van der Waals surface area contributed by atoms with Crippen LogP contribution in [-0.2, 0) is 33.6 Å². The Balaban J connectivity index is 1.63. The Morgan fingerprint density at radius 1 is 1.10 bits per heavy atom. The van der Waals surface area contributed by atoms with E-state index in [4.69, 9.17) is 4.74 Å². The number of anilines is 2. The van der Waals surface area contributed by atoms with E-state index >= 15 is 0 Å². The molecular weight excluding hydrogens is 454 g/mol. The second-order valence-corrected chi connectivity index (χ2v) is 9.70. The lowest BCUT2D eigenvalue weighted by molar-refractivity contribution is -0.116. The minimum Gasteiger partial charge on any atom is -0.462 e. The molecule has 0 spiro atoms. The van der Waals surface area contributed by atoms with Gasteiger partial charge in [-0.2, -0.15) is 0 Å². The van der Waals surface area contributed by atoms with Crippen molar-refractivity contribution in [3.63, 3.8) is 0 Å². The van der Waals surface area contributed by atoms with Crippen LogP contribution in [0.25, 0.3) is 0 Å². The largest absolute Gasteiger partial charge is 0.462 e. The van der Waals surface area contributed by atoms with Crippen LogP contribution < -0.4 is 10.6 Å². The van der Waals surface area contributed by atoms with Crippen molar-refractivity contribution in [2.75, 3.05) is 17.2 Å². The second kappa shape index (κ2) is 10.7. The SMILES string of the molecule is CCOC(=O)c1c(NC(=O)Cc2csc(NC(=O)Cc3cccs3)n2)sc(C)c1CC. The van der Waals surface area contributed by atoms with Crippen LogP contribution in [0.15, 0.2) is 22.9 Å². The van der Waals surface area contributed by atoms with Gasteiger partial charge >= 0.3 is 5.97 Å². The standard InChI is InChI=1S/C21H23N3O4S3/c1-4-15-12(3)31-19(18(15)20(27)28-5-2)23-16(25)9-13-11-30-21(22-13)24-17(26)10-14-7-6-8-29-14/h6-8,11H,4-5,9-10H2,1-3H3,(H,23,25)(H,22,24,26). The van der Waals surface area contributed by atoms with Gasteiger partial charge in [0.15, 0.2) is 5.13 Å². The molecule has 31 heavy (non-hydrogen) atoms. The summed E-state index contributed by atoms with van der Waals surface area (Å²) in [5.41, 5.74) is 1.87. The lowest BCUT2D eigenvalue weighted by atomic mass is 10.1. The van der Waals surface area contributed by atoms with E-state index in [2.05, 4.69) is 15.6 Å². The van der Waals surface area contributed by atoms with Crippen molar-refractivity contribution in [2.45, 2.75) is 40.0 Å². The van der Waals surface area contributed by atoms with Crippen LogP contribution in [0.3, 0.4) is 0 Å². The van der Waals surface area contributed by atoms with E-state index in [0.29, 0.717) is 34.2 Å². The number of carbonyl (C=O) groups excluding carboxylic acids is 3. The van der Waals surface area contributed by atoms with Crippen LogP contribution in [0.2, 0.25) is 0 Å². The third kappa shape index (κ3) is 5.99. The summed E-state index contributed by atoms with van der Waals surface area (Å²) in [5, 5.41) is 10.2. The number of ether oxygens (including phenoxy) is 1. The summed E-state index contributed by atoms with van der Waals surface area (Å²) < 4.78 is 5.17. The van der Waals surface area contributed by atoms with Crippen LogP contribution in [0.5, 0.6) is 0 Å². The molecule has 0 unspecified atom stereocenters. The molecule has 3 aromatic heterocycles. The molecule has 3 heterocycles. The summed E-state index contributed by atoms with van der Waals surface area (Å²) in [7, 11) is 0. The monoisotopic (exact) mass is 477 g/mol. The summed E-state index contributed by atoms with van der Waals surface area (Å²) >= 11 is 4.16. The highest BCUT2D eigenvalue weighted by molar-refractivity contribution is 7.17. The predicted molar refractivity (Wildman–Crippen MR) is 125 cm³/mol. The average Bonchev–Trinajstić information content (AvgIpc) is 3.43. The van der Waals surface area contributed by atoms with Crippen LogP contribution in [-0.4, -0.2) is 29.4 Å². The minimum atomic E-state index is -0.427. The topological polar surface area (TPSA) is 97.4 Å². The van der Waals surface area contributed by atoms with Gasteiger partial charge in [-0.15, -0.1) is 34.0 Å². The maximum atomic E-state index is 12.6. The zero-order valence-corrected chi connectivity index (χ0v) is 19.9. The van der Waals surface area contributed by atoms with Gasteiger partial charge in [0.2, 0.25) is 11.8 Å². The van der Waals surface area contributed by atoms with E-state index in [1.807, 2.05) is 31.4 Å². The van der Waals surface area contributed by atoms with Crippen molar-refractivity contribution in [1.29, 1.82) is 0 Å². The molecule has 2 N–H and O–H groups in total. The van der Waals surface area contributed by atoms with E-state index in [9.17, 15) is 14.4 Å². The van der Waals surface area contributed by atoms with Gasteiger partial charge in [-0.05, 0) is 37.3 Å². The van der Waals surface area contributed by atoms with Gasteiger partial charge < -0.3 is 15.4 Å². The Labute approximate surface area is 192 Å².